The normalized spacial score (nSPS) is 10.7. The third kappa shape index (κ3) is 4.11. The topological polar surface area (TPSA) is 49.4 Å². The van der Waals surface area contributed by atoms with Crippen LogP contribution in [0, 0.1) is 0 Å². The van der Waals surface area contributed by atoms with E-state index < -0.39 is 0 Å². The van der Waals surface area contributed by atoms with E-state index >= 15 is 0 Å². The first-order chi connectivity index (χ1) is 14.7. The van der Waals surface area contributed by atoms with Crippen LogP contribution in [0.15, 0.2) is 84.2 Å². The molecule has 1 heterocycles. The summed E-state index contributed by atoms with van der Waals surface area (Å²) in [5, 5.41) is 6.95. The van der Waals surface area contributed by atoms with E-state index in [0.717, 1.165) is 22.0 Å². The summed E-state index contributed by atoms with van der Waals surface area (Å²) in [6.45, 7) is 2.98. The Balaban J connectivity index is 1.50. The largest absolute Gasteiger partial charge is 0.347 e. The van der Waals surface area contributed by atoms with Crippen molar-refractivity contribution >= 4 is 39.6 Å². The molecular formula is C25H22N2O2S. The van der Waals surface area contributed by atoms with Gasteiger partial charge in [-0.3, -0.25) is 9.59 Å². The third-order valence-corrected chi connectivity index (χ3v) is 5.89. The molecule has 0 aliphatic rings. The highest BCUT2D eigenvalue weighted by Gasteiger charge is 2.18. The van der Waals surface area contributed by atoms with Crippen LogP contribution in [-0.4, -0.2) is 18.4 Å². The van der Waals surface area contributed by atoms with Crippen molar-refractivity contribution in [3.05, 3.63) is 100 Å². The number of hydrogen-bond acceptors (Lipinski definition) is 3. The molecule has 0 unspecified atom stereocenters. The number of benzene rings is 3. The molecule has 0 radical (unpaired) electrons. The van der Waals surface area contributed by atoms with Gasteiger partial charge < -0.3 is 10.2 Å². The Hall–Kier alpha value is -3.44. The molecule has 3 aromatic carbocycles. The number of carbonyl (C=O) groups is 2. The second-order valence-electron chi connectivity index (χ2n) is 6.90. The molecule has 0 spiro atoms. The van der Waals surface area contributed by atoms with Crippen LogP contribution in [0.5, 0.6) is 0 Å². The molecule has 0 bridgehead atoms. The van der Waals surface area contributed by atoms with Gasteiger partial charge in [0.15, 0.2) is 0 Å². The standard InChI is InChI=1S/C25H22N2O2S/c1-2-27(22-10-5-8-19-7-3-4-9-21(19)22)25(29)20-14-12-18(13-15-20)17-26-24(28)23-11-6-16-30-23/h3-16H,2,17H2,1H3,(H,26,28). The Morgan fingerprint density at radius 3 is 2.40 bits per heavy atom. The lowest BCUT2D eigenvalue weighted by Crippen LogP contribution is -2.30. The summed E-state index contributed by atoms with van der Waals surface area (Å²) < 4.78 is 0. The predicted molar refractivity (Wildman–Crippen MR) is 123 cm³/mol. The Morgan fingerprint density at radius 1 is 0.900 bits per heavy atom. The maximum Gasteiger partial charge on any atom is 0.261 e. The SMILES string of the molecule is CCN(C(=O)c1ccc(CNC(=O)c2cccs2)cc1)c1cccc2ccccc12. The van der Waals surface area contributed by atoms with Gasteiger partial charge >= 0.3 is 0 Å². The second kappa shape index (κ2) is 8.93. The summed E-state index contributed by atoms with van der Waals surface area (Å²) >= 11 is 1.41. The van der Waals surface area contributed by atoms with Crippen LogP contribution >= 0.6 is 11.3 Å². The van der Waals surface area contributed by atoms with Crippen LogP contribution in [0.1, 0.15) is 32.5 Å². The van der Waals surface area contributed by atoms with Gasteiger partial charge in [0.25, 0.3) is 11.8 Å². The van der Waals surface area contributed by atoms with E-state index in [1.165, 1.54) is 11.3 Å². The van der Waals surface area contributed by atoms with Crippen molar-refractivity contribution in [2.45, 2.75) is 13.5 Å². The molecule has 0 atom stereocenters. The second-order valence-corrected chi connectivity index (χ2v) is 7.85. The van der Waals surface area contributed by atoms with Crippen LogP contribution in [0.2, 0.25) is 0 Å². The van der Waals surface area contributed by atoms with Gasteiger partial charge in [0.2, 0.25) is 0 Å². The average Bonchev–Trinajstić information content (AvgIpc) is 3.33. The number of hydrogen-bond donors (Lipinski definition) is 1. The van der Waals surface area contributed by atoms with Crippen molar-refractivity contribution in [1.82, 2.24) is 5.32 Å². The fraction of sp³-hybridized carbons (Fsp3) is 0.120. The average molecular weight is 415 g/mol. The molecule has 0 aliphatic carbocycles. The van der Waals surface area contributed by atoms with Gasteiger partial charge in [-0.05, 0) is 47.5 Å². The molecular weight excluding hydrogens is 392 g/mol. The fourth-order valence-electron chi connectivity index (χ4n) is 3.47. The quantitative estimate of drug-likeness (QED) is 0.453. The van der Waals surface area contributed by atoms with Gasteiger partial charge in [-0.2, -0.15) is 0 Å². The lowest BCUT2D eigenvalue weighted by atomic mass is 10.1. The summed E-state index contributed by atoms with van der Waals surface area (Å²) in [6.07, 6.45) is 0. The first-order valence-electron chi connectivity index (χ1n) is 9.87. The number of carbonyl (C=O) groups excluding carboxylic acids is 2. The van der Waals surface area contributed by atoms with Gasteiger partial charge in [0.05, 0.1) is 10.6 Å². The van der Waals surface area contributed by atoms with Gasteiger partial charge in [0, 0.05) is 24.0 Å². The van der Waals surface area contributed by atoms with E-state index in [0.29, 0.717) is 23.5 Å². The lowest BCUT2D eigenvalue weighted by molar-refractivity contribution is 0.0952. The molecule has 1 N–H and O–H groups in total. The summed E-state index contributed by atoms with van der Waals surface area (Å²) in [7, 11) is 0. The van der Waals surface area contributed by atoms with Gasteiger partial charge in [-0.25, -0.2) is 0 Å². The third-order valence-electron chi connectivity index (χ3n) is 5.02. The molecule has 0 aliphatic heterocycles. The summed E-state index contributed by atoms with van der Waals surface area (Å²) in [5.41, 5.74) is 2.48. The fourth-order valence-corrected chi connectivity index (χ4v) is 4.11. The van der Waals surface area contributed by atoms with E-state index in [1.54, 1.807) is 11.0 Å². The van der Waals surface area contributed by atoms with Crippen LogP contribution in [0.4, 0.5) is 5.69 Å². The van der Waals surface area contributed by atoms with Crippen molar-refractivity contribution in [1.29, 1.82) is 0 Å². The Kier molecular flexibility index (Phi) is 5.91. The summed E-state index contributed by atoms with van der Waals surface area (Å²) in [6, 6.07) is 25.2. The van der Waals surface area contributed by atoms with Crippen molar-refractivity contribution in [3.63, 3.8) is 0 Å². The molecule has 4 nitrogen and oxygen atoms in total. The smallest absolute Gasteiger partial charge is 0.261 e. The maximum atomic E-state index is 13.2. The number of nitrogens with zero attached hydrogens (tertiary/aromatic N) is 1. The first kappa shape index (κ1) is 19.9. The van der Waals surface area contributed by atoms with E-state index in [-0.39, 0.29) is 11.8 Å². The van der Waals surface area contributed by atoms with Crippen molar-refractivity contribution < 1.29 is 9.59 Å². The van der Waals surface area contributed by atoms with E-state index in [4.69, 9.17) is 0 Å². The van der Waals surface area contributed by atoms with Crippen LogP contribution in [-0.2, 0) is 6.54 Å². The zero-order valence-electron chi connectivity index (χ0n) is 16.7. The zero-order valence-corrected chi connectivity index (χ0v) is 17.5. The van der Waals surface area contributed by atoms with Crippen LogP contribution < -0.4 is 10.2 Å². The number of anilines is 1. The van der Waals surface area contributed by atoms with E-state index in [2.05, 4.69) is 17.4 Å². The molecule has 150 valence electrons. The van der Waals surface area contributed by atoms with Crippen LogP contribution in [0.25, 0.3) is 10.8 Å². The van der Waals surface area contributed by atoms with Gasteiger partial charge in [-0.15, -0.1) is 11.3 Å². The maximum absolute atomic E-state index is 13.2. The molecule has 4 rings (SSSR count). The molecule has 2 amide bonds. The molecule has 4 aromatic rings. The molecule has 0 fully saturated rings. The van der Waals surface area contributed by atoms with E-state index in [9.17, 15) is 9.59 Å². The molecule has 0 saturated carbocycles. The number of fused-ring (bicyclic) bond motifs is 1. The summed E-state index contributed by atoms with van der Waals surface area (Å²) in [5.74, 6) is -0.124. The predicted octanol–water partition coefficient (Wildman–Crippen LogP) is 5.50. The summed E-state index contributed by atoms with van der Waals surface area (Å²) in [4.78, 5) is 27.8. The van der Waals surface area contributed by atoms with Crippen LogP contribution in [0.3, 0.4) is 0 Å². The Morgan fingerprint density at radius 2 is 1.67 bits per heavy atom. The molecule has 1 aromatic heterocycles. The molecule has 5 heteroatoms. The molecule has 0 saturated heterocycles. The number of rotatable bonds is 6. The van der Waals surface area contributed by atoms with Gasteiger partial charge in [-0.1, -0.05) is 54.6 Å². The highest BCUT2D eigenvalue weighted by Crippen LogP contribution is 2.28. The monoisotopic (exact) mass is 414 g/mol. The highest BCUT2D eigenvalue weighted by molar-refractivity contribution is 7.12. The highest BCUT2D eigenvalue weighted by atomic mass is 32.1. The Bertz CT molecular complexity index is 1160. The minimum Gasteiger partial charge on any atom is -0.347 e. The van der Waals surface area contributed by atoms with Crippen molar-refractivity contribution in [2.24, 2.45) is 0 Å². The Labute approximate surface area is 179 Å². The number of amides is 2. The number of thiophene rings is 1. The van der Waals surface area contributed by atoms with E-state index in [1.807, 2.05) is 73.0 Å². The zero-order chi connectivity index (χ0) is 20.9. The minimum absolute atomic E-state index is 0.0389. The lowest BCUT2D eigenvalue weighted by Gasteiger charge is -2.23. The van der Waals surface area contributed by atoms with Crippen molar-refractivity contribution in [2.75, 3.05) is 11.4 Å². The van der Waals surface area contributed by atoms with Gasteiger partial charge in [0.1, 0.15) is 0 Å². The first-order valence-corrected chi connectivity index (χ1v) is 10.8. The number of nitrogens with one attached hydrogen (secondary N) is 1. The van der Waals surface area contributed by atoms with Crippen molar-refractivity contribution in [3.8, 4) is 0 Å². The molecule has 30 heavy (non-hydrogen) atoms. The minimum atomic E-state index is -0.0849.